The minimum Gasteiger partial charge on any atom is -0.456 e. The van der Waals surface area contributed by atoms with Crippen molar-refractivity contribution in [1.29, 1.82) is 0 Å². The van der Waals surface area contributed by atoms with E-state index in [0.717, 1.165) is 11.0 Å². The minimum absolute atomic E-state index is 0.0640. The number of furan rings is 1. The first-order valence-corrected chi connectivity index (χ1v) is 17.0. The van der Waals surface area contributed by atoms with Gasteiger partial charge in [-0.25, -0.2) is 4.98 Å². The maximum atomic E-state index is 9.86. The maximum Gasteiger partial charge on any atom is 0.227 e. The molecule has 4 nitrogen and oxygen atoms in total. The Hall–Kier alpha value is -7.69. The zero-order valence-corrected chi connectivity index (χ0v) is 28.8. The summed E-state index contributed by atoms with van der Waals surface area (Å²) in [6, 6.07) is -13.6. The van der Waals surface area contributed by atoms with E-state index in [4.69, 9.17) is 30.8 Å². The normalized spacial score (nSPS) is 18.1. The average Bonchev–Trinajstić information content (AvgIpc) is 1.30. The number of oxazole rings is 1. The molecule has 0 saturated carbocycles. The van der Waals surface area contributed by atoms with Gasteiger partial charge >= 0.3 is 0 Å². The van der Waals surface area contributed by atoms with E-state index in [0.29, 0.717) is 10.8 Å². The van der Waals surface area contributed by atoms with Crippen LogP contribution in [0.2, 0.25) is 0 Å². The number of hydrogen-bond donors (Lipinski definition) is 0. The van der Waals surface area contributed by atoms with Crippen LogP contribution in [0.15, 0.2) is 214 Å². The largest absolute Gasteiger partial charge is 0.456 e. The van der Waals surface area contributed by atoms with E-state index >= 15 is 0 Å². The van der Waals surface area contributed by atoms with Gasteiger partial charge in [-0.1, -0.05) is 145 Å². The minimum atomic E-state index is -1.13. The molecular formula is C53H34N2O2. The number of para-hydroxylation sites is 2. The Morgan fingerprint density at radius 2 is 0.947 bits per heavy atom. The van der Waals surface area contributed by atoms with Gasteiger partial charge in [-0.05, 0) is 105 Å². The summed E-state index contributed by atoms with van der Waals surface area (Å²) in [5.41, 5.74) is -8.56. The zero-order chi connectivity index (χ0) is 61.2. The summed E-state index contributed by atoms with van der Waals surface area (Å²) in [5.74, 6) is -0.558. The number of rotatable bonds is 7. The third-order valence-electron chi connectivity index (χ3n) is 8.91. The van der Waals surface area contributed by atoms with Crippen LogP contribution in [-0.2, 0) is 0 Å². The standard InChI is InChI=1S/C53H34N2O2/c1-3-11-35(12-4-1)37-19-21-38(22-20-37)40-25-29-45(30-26-40)55(44-27-23-39(24-28-44)36-13-5-2-6-14-36)48-32-43(53-54-47-17-9-10-18-49(47)57-53)34-51-52(48)46-31-41-15-7-8-16-42(41)33-50(46)56-51/h1-34H/i1D,2D,3D,4D,5D,6D,9D,10D,11D,12D,13D,14D,17D,18D,19D,20D,21D,22D,23D,24D,25D,26D,27D,28D,29D,30D,34D. The molecule has 11 aromatic rings. The lowest BCUT2D eigenvalue weighted by molar-refractivity contribution is 0.619. The van der Waals surface area contributed by atoms with Crippen molar-refractivity contribution in [3.8, 4) is 44.8 Å². The Morgan fingerprint density at radius 1 is 0.439 bits per heavy atom. The van der Waals surface area contributed by atoms with Crippen LogP contribution in [0, 0.1) is 0 Å². The number of benzene rings is 9. The van der Waals surface area contributed by atoms with Crippen LogP contribution in [0.1, 0.15) is 37.0 Å². The summed E-state index contributed by atoms with van der Waals surface area (Å²) in [4.78, 5) is 5.12. The molecule has 2 heterocycles. The SMILES string of the molecule is [2H]c1c([2H])c([2H])c(-c2c([2H])c([2H])c(-c3c([2H])c([2H])c(N(c4c([2H])c([2H])c(-c5c([2H])c([2H])c([2H])c([2H])c5[2H])c([2H])c4[2H])c4cc(-c5nc6c([2H])c([2H])c([2H])c([2H])c6o5)c([2H])c5oc6cc7ccccc7cc6c45)c([2H])c3[2H])c([2H])c2[2H])c([2H])c1[2H]. The van der Waals surface area contributed by atoms with Crippen LogP contribution in [0.25, 0.3) is 88.6 Å². The second kappa shape index (κ2) is 13.6. The number of hydrogen-bond acceptors (Lipinski definition) is 4. The first-order valence-electron chi connectivity index (χ1n) is 30.5. The van der Waals surface area contributed by atoms with Gasteiger partial charge in [0.1, 0.15) is 16.7 Å². The highest BCUT2D eigenvalue weighted by atomic mass is 16.3. The van der Waals surface area contributed by atoms with Crippen LogP contribution in [0.4, 0.5) is 17.1 Å². The summed E-state index contributed by atoms with van der Waals surface area (Å²) < 4.78 is 254. The van der Waals surface area contributed by atoms with Crippen molar-refractivity contribution in [3.63, 3.8) is 0 Å². The molecule has 0 aliphatic heterocycles. The zero-order valence-electron chi connectivity index (χ0n) is 55.8. The van der Waals surface area contributed by atoms with Gasteiger partial charge in [0.25, 0.3) is 0 Å². The number of fused-ring (bicyclic) bond motifs is 5. The van der Waals surface area contributed by atoms with Crippen molar-refractivity contribution >= 4 is 60.9 Å². The van der Waals surface area contributed by atoms with E-state index in [9.17, 15) is 15.1 Å². The molecule has 0 saturated heterocycles. The quantitative estimate of drug-likeness (QED) is 0.162. The van der Waals surface area contributed by atoms with Crippen LogP contribution in [-0.4, -0.2) is 4.98 Å². The van der Waals surface area contributed by atoms with Crippen LogP contribution in [0.3, 0.4) is 0 Å². The second-order valence-electron chi connectivity index (χ2n) is 12.3. The van der Waals surface area contributed by atoms with E-state index in [1.165, 1.54) is 0 Å². The highest BCUT2D eigenvalue weighted by molar-refractivity contribution is 6.17. The highest BCUT2D eigenvalue weighted by Crippen LogP contribution is 2.46. The maximum absolute atomic E-state index is 9.86. The Morgan fingerprint density at radius 3 is 1.54 bits per heavy atom. The van der Waals surface area contributed by atoms with Gasteiger partial charge in [0.2, 0.25) is 5.89 Å². The molecule has 4 heteroatoms. The van der Waals surface area contributed by atoms with E-state index in [1.54, 1.807) is 36.4 Å². The van der Waals surface area contributed by atoms with E-state index in [-0.39, 0.29) is 21.9 Å². The van der Waals surface area contributed by atoms with E-state index in [2.05, 4.69) is 4.98 Å². The Bertz CT molecular complexity index is 4650. The van der Waals surface area contributed by atoms with Gasteiger partial charge in [0.15, 0.2) is 5.58 Å². The fraction of sp³-hybridized carbons (Fsp3) is 0. The summed E-state index contributed by atoms with van der Waals surface area (Å²) in [6.07, 6.45) is 0. The monoisotopic (exact) mass is 757 g/mol. The van der Waals surface area contributed by atoms with Crippen LogP contribution < -0.4 is 4.90 Å². The molecule has 0 aliphatic carbocycles. The van der Waals surface area contributed by atoms with Gasteiger partial charge in [-0.3, -0.25) is 0 Å². The third kappa shape index (κ3) is 5.92. The van der Waals surface area contributed by atoms with Crippen molar-refractivity contribution in [2.24, 2.45) is 0 Å². The second-order valence-corrected chi connectivity index (χ2v) is 12.3. The van der Waals surface area contributed by atoms with E-state index in [1.807, 2.05) is 0 Å². The molecular weight excluding hydrogens is 697 g/mol. The Labute approximate surface area is 367 Å². The van der Waals surface area contributed by atoms with Gasteiger partial charge < -0.3 is 13.7 Å². The van der Waals surface area contributed by atoms with Crippen LogP contribution >= 0.6 is 0 Å². The molecule has 0 unspecified atom stereocenters. The number of nitrogens with zero attached hydrogens (tertiary/aromatic N) is 2. The molecule has 0 atom stereocenters. The number of aromatic nitrogens is 1. The number of anilines is 3. The van der Waals surface area contributed by atoms with Gasteiger partial charge in [0.05, 0.1) is 48.1 Å². The fourth-order valence-electron chi connectivity index (χ4n) is 6.32. The lowest BCUT2D eigenvalue weighted by atomic mass is 9.99. The van der Waals surface area contributed by atoms with Crippen molar-refractivity contribution < 1.29 is 45.8 Å². The summed E-state index contributed by atoms with van der Waals surface area (Å²) >= 11 is 0. The lowest BCUT2D eigenvalue weighted by Crippen LogP contribution is -2.10. The summed E-state index contributed by atoms with van der Waals surface area (Å²) in [7, 11) is 0. The lowest BCUT2D eigenvalue weighted by Gasteiger charge is -2.27. The highest BCUT2D eigenvalue weighted by Gasteiger charge is 2.23. The van der Waals surface area contributed by atoms with Crippen molar-refractivity contribution in [2.45, 2.75) is 0 Å². The molecule has 0 N–H and O–H groups in total. The third-order valence-corrected chi connectivity index (χ3v) is 8.91. The van der Waals surface area contributed by atoms with Crippen LogP contribution in [0.5, 0.6) is 0 Å². The molecule has 0 aliphatic rings. The molecule has 0 spiro atoms. The molecule has 268 valence electrons. The molecule has 0 radical (unpaired) electrons. The molecule has 0 bridgehead atoms. The molecule has 0 amide bonds. The summed E-state index contributed by atoms with van der Waals surface area (Å²) in [5, 5.41) is 1.20. The van der Waals surface area contributed by atoms with Gasteiger partial charge in [-0.15, -0.1) is 0 Å². The molecule has 57 heavy (non-hydrogen) atoms. The smallest absolute Gasteiger partial charge is 0.227 e. The predicted molar refractivity (Wildman–Crippen MR) is 235 cm³/mol. The fourth-order valence-corrected chi connectivity index (χ4v) is 6.32. The van der Waals surface area contributed by atoms with Gasteiger partial charge in [0, 0.05) is 22.3 Å². The van der Waals surface area contributed by atoms with E-state index < -0.39 is 236 Å². The van der Waals surface area contributed by atoms with Crippen molar-refractivity contribution in [1.82, 2.24) is 4.98 Å². The Kier molecular flexibility index (Phi) is 3.67. The topological polar surface area (TPSA) is 42.4 Å². The molecule has 11 rings (SSSR count). The Balaban J connectivity index is 1.30. The molecule has 9 aromatic carbocycles. The van der Waals surface area contributed by atoms with Gasteiger partial charge in [-0.2, -0.15) is 0 Å². The van der Waals surface area contributed by atoms with Crippen molar-refractivity contribution in [2.75, 3.05) is 4.90 Å². The first kappa shape index (κ1) is 15.4. The summed E-state index contributed by atoms with van der Waals surface area (Å²) in [6.45, 7) is 0. The average molecular weight is 758 g/mol. The predicted octanol–water partition coefficient (Wildman–Crippen LogP) is 15.0. The van der Waals surface area contributed by atoms with Crippen molar-refractivity contribution in [3.05, 3.63) is 206 Å². The molecule has 0 fully saturated rings. The first-order chi connectivity index (χ1) is 39.5. The molecule has 2 aromatic heterocycles.